The van der Waals surface area contributed by atoms with E-state index in [9.17, 15) is 18.7 Å². The second kappa shape index (κ2) is 6.34. The number of benzene rings is 1. The van der Waals surface area contributed by atoms with Gasteiger partial charge in [-0.2, -0.15) is 14.6 Å². The zero-order valence-corrected chi connectivity index (χ0v) is 14.9. The van der Waals surface area contributed by atoms with Crippen LogP contribution in [0.5, 0.6) is 0 Å². The Hall–Kier alpha value is -4.35. The first-order valence-electron chi connectivity index (χ1n) is 8.55. The number of nitrogen functional groups attached to an aromatic ring is 1. The average molecular weight is 411 g/mol. The maximum Gasteiger partial charge on any atom is 0.333 e. The molecule has 0 radical (unpaired) electrons. The predicted molar refractivity (Wildman–Crippen MR) is 98.3 cm³/mol. The lowest BCUT2D eigenvalue weighted by atomic mass is 10.1. The number of halogens is 2. The highest BCUT2D eigenvalue weighted by Gasteiger charge is 2.28. The van der Waals surface area contributed by atoms with E-state index in [1.54, 1.807) is 12.1 Å². The number of hydrogen-bond donors (Lipinski definition) is 2. The van der Waals surface area contributed by atoms with Gasteiger partial charge in [0.2, 0.25) is 11.8 Å². The summed E-state index contributed by atoms with van der Waals surface area (Å²) >= 11 is 0. The molecule has 1 unspecified atom stereocenters. The Morgan fingerprint density at radius 3 is 2.70 bits per heavy atom. The fourth-order valence-corrected chi connectivity index (χ4v) is 3.20. The molecule has 150 valence electrons. The van der Waals surface area contributed by atoms with Crippen LogP contribution < -0.4 is 5.73 Å². The third-order valence-electron chi connectivity index (χ3n) is 4.53. The Kier molecular flexibility index (Phi) is 3.74. The van der Waals surface area contributed by atoms with Gasteiger partial charge in [0.05, 0.1) is 17.8 Å². The number of furan rings is 1. The molecule has 4 aromatic heterocycles. The van der Waals surface area contributed by atoms with E-state index in [0.717, 1.165) is 16.8 Å². The van der Waals surface area contributed by atoms with Gasteiger partial charge in [0.1, 0.15) is 0 Å². The fraction of sp³-hybridized carbons (Fsp3) is 0.0556. The summed E-state index contributed by atoms with van der Waals surface area (Å²) in [5, 5.41) is 18.5. The minimum atomic E-state index is -1.47. The van der Waals surface area contributed by atoms with Crippen LogP contribution in [-0.4, -0.2) is 40.4 Å². The Labute approximate surface area is 165 Å². The number of nitrogens with two attached hydrogens (primary N) is 1. The van der Waals surface area contributed by atoms with Crippen molar-refractivity contribution < 1.29 is 23.1 Å². The predicted octanol–water partition coefficient (Wildman–Crippen LogP) is 2.27. The van der Waals surface area contributed by atoms with Gasteiger partial charge in [-0.15, -0.1) is 5.10 Å². The number of carboxylic acids is 1. The van der Waals surface area contributed by atoms with E-state index < -0.39 is 23.6 Å². The second-order valence-corrected chi connectivity index (χ2v) is 6.36. The van der Waals surface area contributed by atoms with E-state index in [0.29, 0.717) is 11.1 Å². The fourth-order valence-electron chi connectivity index (χ4n) is 3.20. The molecule has 10 nitrogen and oxygen atoms in total. The first kappa shape index (κ1) is 17.7. The van der Waals surface area contributed by atoms with Crippen LogP contribution in [0.4, 0.5) is 14.7 Å². The molecule has 0 spiro atoms. The monoisotopic (exact) mass is 411 g/mol. The van der Waals surface area contributed by atoms with Crippen LogP contribution in [0.15, 0.2) is 47.2 Å². The highest BCUT2D eigenvalue weighted by atomic mass is 19.2. The van der Waals surface area contributed by atoms with E-state index in [1.165, 1.54) is 23.0 Å². The maximum absolute atomic E-state index is 13.7. The smallest absolute Gasteiger partial charge is 0.333 e. The topological polar surface area (TPSA) is 137 Å². The van der Waals surface area contributed by atoms with E-state index in [-0.39, 0.29) is 28.6 Å². The molecular formula is C18H11F2N7O3. The third kappa shape index (κ3) is 2.57. The summed E-state index contributed by atoms with van der Waals surface area (Å²) in [7, 11) is 0. The van der Waals surface area contributed by atoms with E-state index in [4.69, 9.17) is 10.2 Å². The van der Waals surface area contributed by atoms with Gasteiger partial charge in [0.15, 0.2) is 34.7 Å². The number of nitrogens with zero attached hydrogens (tertiary/aromatic N) is 6. The SMILES string of the molecule is Nc1nc2c(cnn2C(C(=O)O)c2ccc(F)c(F)c2)c2nc(-c3ccco3)nn12. The summed E-state index contributed by atoms with van der Waals surface area (Å²) in [6.45, 7) is 0. The molecular weight excluding hydrogens is 400 g/mol. The molecule has 5 aromatic rings. The first-order chi connectivity index (χ1) is 14.4. The second-order valence-electron chi connectivity index (χ2n) is 6.36. The maximum atomic E-state index is 13.7. The number of carbonyl (C=O) groups is 1. The van der Waals surface area contributed by atoms with Crippen LogP contribution in [-0.2, 0) is 4.79 Å². The van der Waals surface area contributed by atoms with Gasteiger partial charge in [0.25, 0.3) is 0 Å². The minimum Gasteiger partial charge on any atom is -0.479 e. The summed E-state index contributed by atoms with van der Waals surface area (Å²) < 4.78 is 34.6. The molecule has 0 saturated heterocycles. The van der Waals surface area contributed by atoms with E-state index >= 15 is 0 Å². The van der Waals surface area contributed by atoms with Crippen molar-refractivity contribution in [3.8, 4) is 11.6 Å². The van der Waals surface area contributed by atoms with Crippen molar-refractivity contribution in [3.63, 3.8) is 0 Å². The molecule has 5 rings (SSSR count). The Balaban J connectivity index is 1.73. The lowest BCUT2D eigenvalue weighted by Gasteiger charge is -2.14. The van der Waals surface area contributed by atoms with Gasteiger partial charge in [-0.05, 0) is 29.8 Å². The Morgan fingerprint density at radius 1 is 1.17 bits per heavy atom. The molecule has 4 heterocycles. The summed E-state index contributed by atoms with van der Waals surface area (Å²) in [6, 6.07) is 4.69. The van der Waals surface area contributed by atoms with Crippen molar-refractivity contribution in [2.45, 2.75) is 6.04 Å². The van der Waals surface area contributed by atoms with Gasteiger partial charge in [-0.3, -0.25) is 0 Å². The highest BCUT2D eigenvalue weighted by Crippen LogP contribution is 2.28. The molecule has 1 aromatic carbocycles. The van der Waals surface area contributed by atoms with Gasteiger partial charge in [-0.25, -0.2) is 23.2 Å². The Morgan fingerprint density at radius 2 is 2.00 bits per heavy atom. The molecule has 30 heavy (non-hydrogen) atoms. The van der Waals surface area contributed by atoms with Crippen molar-refractivity contribution in [2.24, 2.45) is 0 Å². The molecule has 0 aliphatic carbocycles. The summed E-state index contributed by atoms with van der Waals surface area (Å²) in [5.74, 6) is -3.02. The van der Waals surface area contributed by atoms with Crippen molar-refractivity contribution in [3.05, 3.63) is 60.0 Å². The van der Waals surface area contributed by atoms with Gasteiger partial charge >= 0.3 is 5.97 Å². The van der Waals surface area contributed by atoms with E-state index in [2.05, 4.69) is 20.2 Å². The Bertz CT molecular complexity index is 1430. The number of rotatable bonds is 4. The molecule has 12 heteroatoms. The average Bonchev–Trinajstić information content (AvgIpc) is 3.44. The molecule has 0 aliphatic rings. The summed E-state index contributed by atoms with van der Waals surface area (Å²) in [5.41, 5.74) is 6.35. The lowest BCUT2D eigenvalue weighted by molar-refractivity contribution is -0.139. The molecule has 0 fully saturated rings. The standard InChI is InChI=1S/C18H11F2N7O3/c19-10-4-3-8(6-11(10)20)13(17(28)29)26-16-9(7-22-26)15-23-14(12-2-1-5-30-12)25-27(15)18(21)24-16/h1-7,13H,(H2,21,24)(H,28,29). The summed E-state index contributed by atoms with van der Waals surface area (Å²) in [4.78, 5) is 20.6. The number of aliphatic carboxylic acids is 1. The zero-order valence-electron chi connectivity index (χ0n) is 14.9. The molecule has 3 N–H and O–H groups in total. The van der Waals surface area contributed by atoms with Crippen molar-refractivity contribution >= 4 is 28.6 Å². The molecule has 0 amide bonds. The largest absolute Gasteiger partial charge is 0.479 e. The number of anilines is 1. The molecule has 0 bridgehead atoms. The first-order valence-corrected chi connectivity index (χ1v) is 8.55. The number of aromatic nitrogens is 6. The lowest BCUT2D eigenvalue weighted by Crippen LogP contribution is -2.22. The van der Waals surface area contributed by atoms with E-state index in [1.807, 2.05) is 0 Å². The van der Waals surface area contributed by atoms with Gasteiger partial charge < -0.3 is 15.3 Å². The molecule has 1 atom stereocenters. The quantitative estimate of drug-likeness (QED) is 0.459. The van der Waals surface area contributed by atoms with Crippen LogP contribution in [0, 0.1) is 11.6 Å². The van der Waals surface area contributed by atoms with Gasteiger partial charge in [-0.1, -0.05) is 6.07 Å². The van der Waals surface area contributed by atoms with Crippen LogP contribution >= 0.6 is 0 Å². The number of carboxylic acid groups (broad SMARTS) is 1. The van der Waals surface area contributed by atoms with Crippen LogP contribution in [0.25, 0.3) is 28.3 Å². The van der Waals surface area contributed by atoms with Crippen molar-refractivity contribution in [1.29, 1.82) is 0 Å². The number of hydrogen-bond acceptors (Lipinski definition) is 7. The van der Waals surface area contributed by atoms with Crippen LogP contribution in [0.1, 0.15) is 11.6 Å². The summed E-state index contributed by atoms with van der Waals surface area (Å²) in [6.07, 6.45) is 2.82. The molecule has 0 saturated carbocycles. The van der Waals surface area contributed by atoms with Crippen molar-refractivity contribution in [2.75, 3.05) is 5.73 Å². The normalized spacial score (nSPS) is 12.6. The zero-order chi connectivity index (χ0) is 21.0. The highest BCUT2D eigenvalue weighted by molar-refractivity contribution is 5.91. The van der Waals surface area contributed by atoms with Crippen LogP contribution in [0.3, 0.4) is 0 Å². The van der Waals surface area contributed by atoms with Crippen molar-refractivity contribution in [1.82, 2.24) is 29.4 Å². The van der Waals surface area contributed by atoms with Crippen LogP contribution in [0.2, 0.25) is 0 Å². The van der Waals surface area contributed by atoms with Gasteiger partial charge in [0, 0.05) is 0 Å². The number of fused-ring (bicyclic) bond motifs is 3. The third-order valence-corrected chi connectivity index (χ3v) is 4.53. The molecule has 0 aliphatic heterocycles. The minimum absolute atomic E-state index is 0.0237.